The fraction of sp³-hybridized carbons (Fsp3) is 0.667. The highest BCUT2D eigenvalue weighted by atomic mass is 16.5. The van der Waals surface area contributed by atoms with Crippen LogP contribution in [-0.4, -0.2) is 90.4 Å². The molecule has 1 rings (SSSR count). The van der Waals surface area contributed by atoms with Crippen molar-refractivity contribution in [1.82, 2.24) is 20.9 Å². The van der Waals surface area contributed by atoms with Crippen molar-refractivity contribution in [2.45, 2.75) is 50.8 Å². The third-order valence-corrected chi connectivity index (χ3v) is 4.68. The fourth-order valence-electron chi connectivity index (χ4n) is 3.06. The highest BCUT2D eigenvalue weighted by Crippen LogP contribution is 2.17. The maximum Gasteiger partial charge on any atom is 0.325 e. The van der Waals surface area contributed by atoms with Gasteiger partial charge in [-0.1, -0.05) is 0 Å². The zero-order valence-corrected chi connectivity index (χ0v) is 17.5. The highest BCUT2D eigenvalue weighted by Gasteiger charge is 2.34. The van der Waals surface area contributed by atoms with Gasteiger partial charge in [0.05, 0.1) is 13.7 Å². The predicted molar refractivity (Wildman–Crippen MR) is 105 cm³/mol. The van der Waals surface area contributed by atoms with Crippen LogP contribution in [0.3, 0.4) is 0 Å². The molecule has 1 fully saturated rings. The topological polar surface area (TPSA) is 197 Å². The minimum atomic E-state index is -1.47. The molecule has 13 heteroatoms. The molecule has 3 atom stereocenters. The van der Waals surface area contributed by atoms with E-state index >= 15 is 0 Å². The van der Waals surface area contributed by atoms with Gasteiger partial charge in [0.2, 0.25) is 29.5 Å². The van der Waals surface area contributed by atoms with Gasteiger partial charge in [-0.2, -0.15) is 0 Å². The van der Waals surface area contributed by atoms with Crippen molar-refractivity contribution in [3.63, 3.8) is 0 Å². The molecule has 0 spiro atoms. The van der Waals surface area contributed by atoms with Crippen molar-refractivity contribution in [3.05, 3.63) is 0 Å². The van der Waals surface area contributed by atoms with Gasteiger partial charge < -0.3 is 36.4 Å². The molecule has 0 radical (unpaired) electrons. The second kappa shape index (κ2) is 12.5. The Morgan fingerprint density at radius 3 is 2.39 bits per heavy atom. The van der Waals surface area contributed by atoms with E-state index in [1.54, 1.807) is 0 Å². The van der Waals surface area contributed by atoms with Crippen molar-refractivity contribution < 1.29 is 38.6 Å². The Kier molecular flexibility index (Phi) is 10.4. The summed E-state index contributed by atoms with van der Waals surface area (Å²) in [5.41, 5.74) is 4.97. The molecule has 174 valence electrons. The number of aliphatic hydroxyl groups excluding tert-OH is 1. The number of primary amides is 1. The van der Waals surface area contributed by atoms with E-state index in [4.69, 9.17) is 5.73 Å². The third-order valence-electron chi connectivity index (χ3n) is 4.68. The first kappa shape index (κ1) is 25.8. The van der Waals surface area contributed by atoms with E-state index in [1.807, 2.05) is 0 Å². The maximum absolute atomic E-state index is 12.5. The van der Waals surface area contributed by atoms with Crippen LogP contribution < -0.4 is 21.7 Å². The molecule has 0 aromatic carbocycles. The van der Waals surface area contributed by atoms with Crippen LogP contribution in [0.25, 0.3) is 0 Å². The number of methoxy groups -OCH3 is 1. The summed E-state index contributed by atoms with van der Waals surface area (Å²) >= 11 is 0. The number of ether oxygens (including phenoxy) is 1. The Balaban J connectivity index is 2.62. The minimum absolute atomic E-state index is 0.0774. The third kappa shape index (κ3) is 8.58. The average Bonchev–Trinajstić information content (AvgIpc) is 3.22. The van der Waals surface area contributed by atoms with Crippen molar-refractivity contribution in [2.75, 3.05) is 26.7 Å². The van der Waals surface area contributed by atoms with E-state index in [1.165, 1.54) is 18.9 Å². The van der Waals surface area contributed by atoms with Crippen molar-refractivity contribution in [3.8, 4) is 0 Å². The Bertz CT molecular complexity index is 713. The molecule has 6 N–H and O–H groups in total. The molecule has 0 aromatic rings. The van der Waals surface area contributed by atoms with E-state index in [0.717, 1.165) is 0 Å². The van der Waals surface area contributed by atoms with Gasteiger partial charge in [-0.25, -0.2) is 0 Å². The van der Waals surface area contributed by atoms with Gasteiger partial charge in [0.1, 0.15) is 24.7 Å². The lowest BCUT2D eigenvalue weighted by molar-refractivity contribution is -0.143. The van der Waals surface area contributed by atoms with Gasteiger partial charge in [-0.05, 0) is 25.7 Å². The number of nitrogens with two attached hydrogens (primary N) is 1. The highest BCUT2D eigenvalue weighted by molar-refractivity contribution is 5.93. The number of likely N-dealkylation sites (tertiary alicyclic amines) is 1. The smallest absolute Gasteiger partial charge is 0.325 e. The summed E-state index contributed by atoms with van der Waals surface area (Å²) in [4.78, 5) is 71.9. The quantitative estimate of drug-likeness (QED) is 0.203. The molecule has 13 nitrogen and oxygen atoms in total. The van der Waals surface area contributed by atoms with Gasteiger partial charge in [0, 0.05) is 13.5 Å². The number of nitrogens with one attached hydrogen (secondary N) is 3. The molecule has 31 heavy (non-hydrogen) atoms. The first-order valence-electron chi connectivity index (χ1n) is 9.73. The standard InChI is InChI=1S/C18H29N5O8/c1-10(24)22-11(5-6-13(25)16(19)28)17(29)20-8-14(26)23-7-3-4-12(23)18(30)21-9-15(27)31-2/h11-13,25H,3-9H2,1-2H3,(H2,19,28)(H,20,29)(H,21,30)(H,22,24)/t11-,12-,13?/m0/s1. The second-order valence-corrected chi connectivity index (χ2v) is 7.01. The Hall–Kier alpha value is -3.22. The molecule has 1 aliphatic heterocycles. The van der Waals surface area contributed by atoms with Gasteiger partial charge >= 0.3 is 5.97 Å². The zero-order chi connectivity index (χ0) is 23.6. The molecule has 0 aliphatic carbocycles. The number of carbonyl (C=O) groups excluding carboxylic acids is 6. The van der Waals surface area contributed by atoms with Crippen LogP contribution >= 0.6 is 0 Å². The summed E-state index contributed by atoms with van der Waals surface area (Å²) in [5, 5.41) is 16.6. The number of carbonyl (C=O) groups is 6. The van der Waals surface area contributed by atoms with Gasteiger partial charge in [0.15, 0.2) is 0 Å². The normalized spacial score (nSPS) is 17.3. The average molecular weight is 443 g/mol. The first-order valence-corrected chi connectivity index (χ1v) is 9.73. The number of rotatable bonds is 11. The van der Waals surface area contributed by atoms with Crippen molar-refractivity contribution >= 4 is 35.5 Å². The number of nitrogens with zero attached hydrogens (tertiary/aromatic N) is 1. The van der Waals surface area contributed by atoms with Crippen LogP contribution in [-0.2, 0) is 33.5 Å². The largest absolute Gasteiger partial charge is 0.468 e. The molecule has 0 bridgehead atoms. The molecule has 5 amide bonds. The SMILES string of the molecule is COC(=O)CNC(=O)[C@@H]1CCCN1C(=O)CNC(=O)[C@H](CCC(O)C(N)=O)NC(C)=O. The number of hydrogen-bond donors (Lipinski definition) is 5. The molecule has 1 aliphatic rings. The van der Waals surface area contributed by atoms with Gasteiger partial charge in [-0.3, -0.25) is 28.8 Å². The van der Waals surface area contributed by atoms with E-state index in [9.17, 15) is 33.9 Å². The summed E-state index contributed by atoms with van der Waals surface area (Å²) < 4.78 is 4.45. The Morgan fingerprint density at radius 1 is 1.13 bits per heavy atom. The van der Waals surface area contributed by atoms with Crippen molar-refractivity contribution in [1.29, 1.82) is 0 Å². The monoisotopic (exact) mass is 443 g/mol. The molecule has 0 aromatic heterocycles. The second-order valence-electron chi connectivity index (χ2n) is 7.01. The van der Waals surface area contributed by atoms with E-state index in [0.29, 0.717) is 19.4 Å². The molecular weight excluding hydrogens is 414 g/mol. The number of hydrogen-bond acceptors (Lipinski definition) is 8. The number of amides is 5. The van der Waals surface area contributed by atoms with Crippen LogP contribution in [0.4, 0.5) is 0 Å². The molecule has 1 saturated heterocycles. The lowest BCUT2D eigenvalue weighted by Gasteiger charge is -2.24. The molecule has 0 saturated carbocycles. The van der Waals surface area contributed by atoms with E-state index in [-0.39, 0.29) is 19.4 Å². The lowest BCUT2D eigenvalue weighted by Crippen LogP contribution is -2.52. The molecule has 1 unspecified atom stereocenters. The molecular formula is C18H29N5O8. The minimum Gasteiger partial charge on any atom is -0.468 e. The fourth-order valence-corrected chi connectivity index (χ4v) is 3.06. The van der Waals surface area contributed by atoms with Crippen LogP contribution in [0.2, 0.25) is 0 Å². The van der Waals surface area contributed by atoms with Crippen LogP contribution in [0.1, 0.15) is 32.6 Å². The summed E-state index contributed by atoms with van der Waals surface area (Å²) in [7, 11) is 1.19. The van der Waals surface area contributed by atoms with Crippen LogP contribution in [0.15, 0.2) is 0 Å². The first-order chi connectivity index (χ1) is 14.6. The zero-order valence-electron chi connectivity index (χ0n) is 17.5. The summed E-state index contributed by atoms with van der Waals surface area (Å²) in [6.07, 6.45) is -0.719. The van der Waals surface area contributed by atoms with Crippen molar-refractivity contribution in [2.24, 2.45) is 5.73 Å². The lowest BCUT2D eigenvalue weighted by atomic mass is 10.1. The van der Waals surface area contributed by atoms with Crippen LogP contribution in [0, 0.1) is 0 Å². The van der Waals surface area contributed by atoms with E-state index < -0.39 is 60.2 Å². The van der Waals surface area contributed by atoms with Gasteiger partial charge in [0.25, 0.3) is 0 Å². The maximum atomic E-state index is 12.5. The summed E-state index contributed by atoms with van der Waals surface area (Å²) in [6.45, 7) is 0.761. The predicted octanol–water partition coefficient (Wildman–Crippen LogP) is -3.49. The Labute approximate surface area is 179 Å². The summed E-state index contributed by atoms with van der Waals surface area (Å²) in [5.74, 6) is -3.79. The van der Waals surface area contributed by atoms with Gasteiger partial charge in [-0.15, -0.1) is 0 Å². The van der Waals surface area contributed by atoms with E-state index in [2.05, 4.69) is 20.7 Å². The van der Waals surface area contributed by atoms with Crippen LogP contribution in [0.5, 0.6) is 0 Å². The number of aliphatic hydroxyl groups is 1. The summed E-state index contributed by atoms with van der Waals surface area (Å²) in [6, 6.07) is -1.86. The number of esters is 1. The Morgan fingerprint density at radius 2 is 1.81 bits per heavy atom. The molecule has 1 heterocycles.